The summed E-state index contributed by atoms with van der Waals surface area (Å²) in [7, 11) is 1.69. The van der Waals surface area contributed by atoms with Gasteiger partial charge in [0.1, 0.15) is 6.04 Å². The molecule has 3 aliphatic rings. The van der Waals surface area contributed by atoms with E-state index >= 15 is 0 Å². The van der Waals surface area contributed by atoms with Gasteiger partial charge in [-0.3, -0.25) is 28.9 Å². The molecule has 162 valence electrons. The molecule has 9 nitrogen and oxygen atoms in total. The number of amides is 2. The number of piperidine rings is 1. The van der Waals surface area contributed by atoms with Crippen LogP contribution in [0.15, 0.2) is 23.0 Å². The molecule has 0 aliphatic carbocycles. The summed E-state index contributed by atoms with van der Waals surface area (Å²) in [5, 5.41) is 5.78. The molecule has 0 saturated carbocycles. The number of imidazole rings is 1. The third-order valence-corrected chi connectivity index (χ3v) is 6.43. The SMILES string of the molecule is Cn1c(=O)n(C2CCC(=O)NC2=O)c2cccc(C#CCN3C4CNCC3COC4)c21. The molecule has 1 aromatic heterocycles. The van der Waals surface area contributed by atoms with Gasteiger partial charge in [0.15, 0.2) is 0 Å². The minimum absolute atomic E-state index is 0.218. The van der Waals surface area contributed by atoms with Crippen LogP contribution in [0.3, 0.4) is 0 Å². The lowest BCUT2D eigenvalue weighted by Crippen LogP contribution is -2.63. The van der Waals surface area contributed by atoms with E-state index in [9.17, 15) is 14.4 Å². The van der Waals surface area contributed by atoms with Crippen LogP contribution in [0.1, 0.15) is 24.4 Å². The molecular formula is C22H25N5O4. The lowest BCUT2D eigenvalue weighted by atomic mass is 10.1. The van der Waals surface area contributed by atoms with E-state index in [2.05, 4.69) is 27.4 Å². The quantitative estimate of drug-likeness (QED) is 0.492. The van der Waals surface area contributed by atoms with Crippen molar-refractivity contribution in [1.82, 2.24) is 24.7 Å². The molecule has 0 spiro atoms. The number of ether oxygens (including phenoxy) is 1. The Hall–Kier alpha value is -2.93. The number of hydrogen-bond donors (Lipinski definition) is 2. The monoisotopic (exact) mass is 423 g/mol. The van der Waals surface area contributed by atoms with Gasteiger partial charge < -0.3 is 10.1 Å². The minimum Gasteiger partial charge on any atom is -0.378 e. The number of nitrogens with one attached hydrogen (secondary N) is 2. The van der Waals surface area contributed by atoms with E-state index in [1.165, 1.54) is 9.13 Å². The number of nitrogens with zero attached hydrogens (tertiary/aromatic N) is 3. The smallest absolute Gasteiger partial charge is 0.329 e. The van der Waals surface area contributed by atoms with Crippen LogP contribution < -0.4 is 16.3 Å². The zero-order valence-electron chi connectivity index (χ0n) is 17.4. The van der Waals surface area contributed by atoms with E-state index in [1.54, 1.807) is 7.05 Å². The van der Waals surface area contributed by atoms with Crippen molar-refractivity contribution in [3.63, 3.8) is 0 Å². The molecule has 3 unspecified atom stereocenters. The van der Waals surface area contributed by atoms with Gasteiger partial charge in [0.25, 0.3) is 0 Å². The molecule has 3 saturated heterocycles. The van der Waals surface area contributed by atoms with E-state index in [-0.39, 0.29) is 18.0 Å². The Morgan fingerprint density at radius 3 is 2.68 bits per heavy atom. The van der Waals surface area contributed by atoms with Gasteiger partial charge in [0.05, 0.1) is 36.4 Å². The van der Waals surface area contributed by atoms with Crippen molar-refractivity contribution in [1.29, 1.82) is 0 Å². The normalized spacial score (nSPS) is 26.4. The highest BCUT2D eigenvalue weighted by Gasteiger charge is 2.34. The van der Waals surface area contributed by atoms with Crippen molar-refractivity contribution in [3.8, 4) is 11.8 Å². The highest BCUT2D eigenvalue weighted by atomic mass is 16.5. The number of carbonyl (C=O) groups is 2. The van der Waals surface area contributed by atoms with Gasteiger partial charge in [-0.2, -0.15) is 0 Å². The zero-order chi connectivity index (χ0) is 21.5. The second-order valence-corrected chi connectivity index (χ2v) is 8.33. The molecular weight excluding hydrogens is 398 g/mol. The summed E-state index contributed by atoms with van der Waals surface area (Å²) in [5.74, 6) is 5.80. The van der Waals surface area contributed by atoms with Crippen LogP contribution >= 0.6 is 0 Å². The van der Waals surface area contributed by atoms with Crippen molar-refractivity contribution in [3.05, 3.63) is 34.2 Å². The molecule has 3 atom stereocenters. The Kier molecular flexibility index (Phi) is 5.14. The maximum atomic E-state index is 13.0. The molecule has 5 rings (SSSR count). The fourth-order valence-corrected chi connectivity index (χ4v) is 4.85. The molecule has 2 N–H and O–H groups in total. The molecule has 0 radical (unpaired) electrons. The number of aryl methyl sites for hydroxylation is 1. The van der Waals surface area contributed by atoms with Gasteiger partial charge in [-0.15, -0.1) is 0 Å². The summed E-state index contributed by atoms with van der Waals surface area (Å²) in [4.78, 5) is 39.3. The van der Waals surface area contributed by atoms with Crippen LogP contribution in [0.25, 0.3) is 11.0 Å². The van der Waals surface area contributed by atoms with E-state index in [0.29, 0.717) is 49.3 Å². The number of imide groups is 1. The first-order chi connectivity index (χ1) is 15.0. The van der Waals surface area contributed by atoms with Crippen LogP contribution in [0, 0.1) is 11.8 Å². The van der Waals surface area contributed by atoms with Crippen LogP contribution in [-0.2, 0) is 21.4 Å². The van der Waals surface area contributed by atoms with Gasteiger partial charge >= 0.3 is 5.69 Å². The summed E-state index contributed by atoms with van der Waals surface area (Å²) in [6.07, 6.45) is 0.531. The summed E-state index contributed by atoms with van der Waals surface area (Å²) in [6.45, 7) is 3.86. The molecule has 3 aliphatic heterocycles. The Balaban J connectivity index is 1.48. The standard InChI is InChI=1S/C22H25N5O4/c1-25-20-14(5-3-9-26-15-10-23-11-16(26)13-31-12-15)4-2-6-17(20)27(22(25)30)18-7-8-19(28)24-21(18)29/h2,4,6,15-16,18,23H,7-13H2,1H3,(H,24,28,29). The van der Waals surface area contributed by atoms with Gasteiger partial charge in [0, 0.05) is 38.6 Å². The number of fused-ring (bicyclic) bond motifs is 3. The molecule has 2 bridgehead atoms. The maximum absolute atomic E-state index is 13.0. The number of morpholine rings is 1. The Bertz CT molecular complexity index is 1150. The minimum atomic E-state index is -0.697. The third-order valence-electron chi connectivity index (χ3n) is 6.43. The molecule has 4 heterocycles. The van der Waals surface area contributed by atoms with Crippen molar-refractivity contribution in [2.75, 3.05) is 32.8 Å². The first-order valence-electron chi connectivity index (χ1n) is 10.6. The topological polar surface area (TPSA) is 97.6 Å². The molecule has 9 heteroatoms. The summed E-state index contributed by atoms with van der Waals surface area (Å²) < 4.78 is 8.69. The highest BCUT2D eigenvalue weighted by molar-refractivity contribution is 6.00. The van der Waals surface area contributed by atoms with E-state index in [4.69, 9.17) is 4.74 Å². The molecule has 31 heavy (non-hydrogen) atoms. The van der Waals surface area contributed by atoms with Crippen LogP contribution in [0.2, 0.25) is 0 Å². The molecule has 3 fully saturated rings. The second-order valence-electron chi connectivity index (χ2n) is 8.33. The predicted octanol–water partition coefficient (Wildman–Crippen LogP) is -0.658. The number of carbonyl (C=O) groups excluding carboxylic acids is 2. The summed E-state index contributed by atoms with van der Waals surface area (Å²) in [5.41, 5.74) is 1.82. The number of rotatable bonds is 2. The first-order valence-corrected chi connectivity index (χ1v) is 10.6. The van der Waals surface area contributed by atoms with E-state index in [1.807, 2.05) is 18.2 Å². The second kappa shape index (κ2) is 7.96. The molecule has 1 aromatic carbocycles. The number of para-hydroxylation sites is 1. The lowest BCUT2D eigenvalue weighted by Gasteiger charge is -2.45. The van der Waals surface area contributed by atoms with Crippen molar-refractivity contribution >= 4 is 22.8 Å². The summed E-state index contributed by atoms with van der Waals surface area (Å²) in [6, 6.07) is 5.53. The van der Waals surface area contributed by atoms with E-state index in [0.717, 1.165) is 18.7 Å². The average Bonchev–Trinajstić information content (AvgIpc) is 2.99. The van der Waals surface area contributed by atoms with Crippen molar-refractivity contribution in [2.45, 2.75) is 31.0 Å². The van der Waals surface area contributed by atoms with Crippen LogP contribution in [0.5, 0.6) is 0 Å². The third kappa shape index (κ3) is 3.47. The Morgan fingerprint density at radius 2 is 1.94 bits per heavy atom. The Morgan fingerprint density at radius 1 is 1.16 bits per heavy atom. The van der Waals surface area contributed by atoms with Crippen LogP contribution in [-0.4, -0.2) is 70.8 Å². The highest BCUT2D eigenvalue weighted by Crippen LogP contribution is 2.24. The largest absolute Gasteiger partial charge is 0.378 e. The number of aromatic nitrogens is 2. The predicted molar refractivity (Wildman–Crippen MR) is 113 cm³/mol. The number of benzene rings is 1. The van der Waals surface area contributed by atoms with Crippen LogP contribution in [0.4, 0.5) is 0 Å². The number of hydrogen-bond acceptors (Lipinski definition) is 6. The van der Waals surface area contributed by atoms with Gasteiger partial charge in [-0.05, 0) is 18.6 Å². The zero-order valence-corrected chi connectivity index (χ0v) is 17.4. The molecule has 2 amide bonds. The lowest BCUT2D eigenvalue weighted by molar-refractivity contribution is -0.135. The van der Waals surface area contributed by atoms with Gasteiger partial charge in [-0.25, -0.2) is 4.79 Å². The maximum Gasteiger partial charge on any atom is 0.329 e. The summed E-state index contributed by atoms with van der Waals surface area (Å²) >= 11 is 0. The first kappa shape index (κ1) is 20.0. The number of piperazine rings is 1. The van der Waals surface area contributed by atoms with Gasteiger partial charge in [0.2, 0.25) is 11.8 Å². The fourth-order valence-electron chi connectivity index (χ4n) is 4.85. The van der Waals surface area contributed by atoms with Gasteiger partial charge in [-0.1, -0.05) is 17.9 Å². The van der Waals surface area contributed by atoms with E-state index < -0.39 is 11.9 Å². The van der Waals surface area contributed by atoms with Crippen molar-refractivity contribution < 1.29 is 14.3 Å². The molecule has 2 aromatic rings. The fraction of sp³-hybridized carbons (Fsp3) is 0.500. The van der Waals surface area contributed by atoms with Crippen molar-refractivity contribution in [2.24, 2.45) is 7.05 Å². The average molecular weight is 423 g/mol. The Labute approximate surface area is 179 Å².